The van der Waals surface area contributed by atoms with E-state index in [-0.39, 0.29) is 10.7 Å². The molecule has 1 aromatic carbocycles. The number of hydrogen-bond donors (Lipinski definition) is 0. The molecule has 0 spiro atoms. The number of hydrogen-bond acceptors (Lipinski definition) is 5. The maximum Gasteiger partial charge on any atom is 0.321 e. The number of sulfone groups is 1. The molecule has 0 aliphatic heterocycles. The molecule has 5 nitrogen and oxygen atoms in total. The molecular weight excluding hydrogens is 256 g/mol. The van der Waals surface area contributed by atoms with Crippen LogP contribution in [0.4, 0.5) is 0 Å². The van der Waals surface area contributed by atoms with Crippen LogP contribution in [-0.4, -0.2) is 33.0 Å². The molecule has 0 aliphatic rings. The van der Waals surface area contributed by atoms with E-state index in [1.54, 1.807) is 6.92 Å². The summed E-state index contributed by atoms with van der Waals surface area (Å²) in [5, 5.41) is 0. The first-order valence-corrected chi connectivity index (χ1v) is 6.98. The minimum Gasteiger partial charge on any atom is -0.468 e. The summed E-state index contributed by atoms with van der Waals surface area (Å²) < 4.78 is 27.8. The highest BCUT2D eigenvalue weighted by Crippen LogP contribution is 2.13. The van der Waals surface area contributed by atoms with Gasteiger partial charge in [-0.25, -0.2) is 8.42 Å². The predicted octanol–water partition coefficient (Wildman–Crippen LogP) is 1.23. The average Bonchev–Trinajstić information content (AvgIpc) is 2.37. The lowest BCUT2D eigenvalue weighted by atomic mass is 10.1. The van der Waals surface area contributed by atoms with Gasteiger partial charge in [0.25, 0.3) is 0 Å². The highest BCUT2D eigenvalue weighted by atomic mass is 32.2. The van der Waals surface area contributed by atoms with Crippen molar-refractivity contribution in [3.05, 3.63) is 29.8 Å². The SMILES string of the molecule is CCC(=O)c1ccc(S(=O)(=O)CC(=O)OC)cc1. The number of carbonyl (C=O) groups excluding carboxylic acids is 2. The van der Waals surface area contributed by atoms with Crippen molar-refractivity contribution >= 4 is 21.6 Å². The van der Waals surface area contributed by atoms with Gasteiger partial charge in [-0.05, 0) is 12.1 Å². The van der Waals surface area contributed by atoms with E-state index in [1.165, 1.54) is 24.3 Å². The van der Waals surface area contributed by atoms with Crippen molar-refractivity contribution in [3.63, 3.8) is 0 Å². The van der Waals surface area contributed by atoms with Crippen molar-refractivity contribution in [1.82, 2.24) is 0 Å². The summed E-state index contributed by atoms with van der Waals surface area (Å²) in [6.07, 6.45) is 0.355. The molecule has 0 aliphatic carbocycles. The van der Waals surface area contributed by atoms with Crippen LogP contribution in [0.15, 0.2) is 29.2 Å². The van der Waals surface area contributed by atoms with Crippen molar-refractivity contribution < 1.29 is 22.7 Å². The van der Waals surface area contributed by atoms with Crippen molar-refractivity contribution in [2.75, 3.05) is 12.9 Å². The lowest BCUT2D eigenvalue weighted by molar-refractivity contribution is -0.137. The largest absolute Gasteiger partial charge is 0.468 e. The summed E-state index contributed by atoms with van der Waals surface area (Å²) >= 11 is 0. The van der Waals surface area contributed by atoms with Gasteiger partial charge in [0.05, 0.1) is 12.0 Å². The molecule has 0 atom stereocenters. The fourth-order valence-electron chi connectivity index (χ4n) is 1.35. The summed E-state index contributed by atoms with van der Waals surface area (Å²) in [6, 6.07) is 5.52. The van der Waals surface area contributed by atoms with Gasteiger partial charge >= 0.3 is 5.97 Å². The fraction of sp³-hybridized carbons (Fsp3) is 0.333. The molecule has 0 heterocycles. The normalized spacial score (nSPS) is 11.0. The number of esters is 1. The molecule has 0 bridgehead atoms. The third-order valence-corrected chi connectivity index (χ3v) is 4.00. The summed E-state index contributed by atoms with van der Waals surface area (Å²) in [7, 11) is -2.58. The third-order valence-electron chi connectivity index (χ3n) is 2.39. The van der Waals surface area contributed by atoms with Crippen LogP contribution in [0.25, 0.3) is 0 Å². The lowest BCUT2D eigenvalue weighted by Gasteiger charge is -2.04. The van der Waals surface area contributed by atoms with Gasteiger partial charge in [-0.2, -0.15) is 0 Å². The highest BCUT2D eigenvalue weighted by molar-refractivity contribution is 7.92. The highest BCUT2D eigenvalue weighted by Gasteiger charge is 2.19. The maximum atomic E-state index is 11.8. The summed E-state index contributed by atoms with van der Waals surface area (Å²) in [5.74, 6) is -1.58. The molecule has 1 aromatic rings. The van der Waals surface area contributed by atoms with Crippen LogP contribution in [0.2, 0.25) is 0 Å². The van der Waals surface area contributed by atoms with Gasteiger partial charge in [0, 0.05) is 12.0 Å². The van der Waals surface area contributed by atoms with E-state index in [1.807, 2.05) is 0 Å². The number of ketones is 1. The Bertz CT molecular complexity index is 542. The number of Topliss-reactive ketones (excluding diaryl/α,β-unsaturated/α-hetero) is 1. The standard InChI is InChI=1S/C12H14O5S/c1-3-11(13)9-4-6-10(7-5-9)18(15,16)8-12(14)17-2/h4-7H,3,8H2,1-2H3. The van der Waals surface area contributed by atoms with Gasteiger partial charge in [0.2, 0.25) is 0 Å². The van der Waals surface area contributed by atoms with Gasteiger partial charge in [0.1, 0.15) is 0 Å². The van der Waals surface area contributed by atoms with Crippen LogP contribution in [0, 0.1) is 0 Å². The van der Waals surface area contributed by atoms with E-state index in [0.29, 0.717) is 12.0 Å². The van der Waals surface area contributed by atoms with E-state index in [4.69, 9.17) is 0 Å². The van der Waals surface area contributed by atoms with Crippen LogP contribution >= 0.6 is 0 Å². The van der Waals surface area contributed by atoms with Crippen LogP contribution in [-0.2, 0) is 19.4 Å². The van der Waals surface area contributed by atoms with Crippen molar-refractivity contribution in [1.29, 1.82) is 0 Å². The number of carbonyl (C=O) groups is 2. The third kappa shape index (κ3) is 3.40. The second-order valence-electron chi connectivity index (χ2n) is 3.64. The quantitative estimate of drug-likeness (QED) is 0.594. The van der Waals surface area contributed by atoms with Crippen LogP contribution in [0.3, 0.4) is 0 Å². The topological polar surface area (TPSA) is 77.5 Å². The molecule has 0 aromatic heterocycles. The molecule has 0 unspecified atom stereocenters. The summed E-state index contributed by atoms with van der Waals surface area (Å²) in [5.41, 5.74) is 0.453. The molecule has 0 N–H and O–H groups in total. The minimum atomic E-state index is -3.71. The molecule has 0 saturated heterocycles. The first-order chi connectivity index (χ1) is 8.40. The van der Waals surface area contributed by atoms with Crippen molar-refractivity contribution in [2.45, 2.75) is 18.2 Å². The Morgan fingerprint density at radius 3 is 2.17 bits per heavy atom. The molecule has 0 saturated carbocycles. The van der Waals surface area contributed by atoms with E-state index in [2.05, 4.69) is 4.74 Å². The van der Waals surface area contributed by atoms with Crippen molar-refractivity contribution in [3.8, 4) is 0 Å². The molecule has 0 radical (unpaired) electrons. The van der Waals surface area contributed by atoms with E-state index in [0.717, 1.165) is 7.11 Å². The van der Waals surface area contributed by atoms with E-state index < -0.39 is 21.6 Å². The Morgan fingerprint density at radius 2 is 1.72 bits per heavy atom. The molecule has 98 valence electrons. The summed E-state index contributed by atoms with van der Waals surface area (Å²) in [6.45, 7) is 1.73. The van der Waals surface area contributed by atoms with Gasteiger partial charge < -0.3 is 4.74 Å². The van der Waals surface area contributed by atoms with Crippen LogP contribution < -0.4 is 0 Å². The fourth-order valence-corrected chi connectivity index (χ4v) is 2.50. The smallest absolute Gasteiger partial charge is 0.321 e. The number of benzene rings is 1. The zero-order valence-corrected chi connectivity index (χ0v) is 11.0. The molecular formula is C12H14O5S. The van der Waals surface area contributed by atoms with Crippen LogP contribution in [0.1, 0.15) is 23.7 Å². The zero-order valence-electron chi connectivity index (χ0n) is 10.2. The minimum absolute atomic E-state index is 0.000512. The molecule has 18 heavy (non-hydrogen) atoms. The number of rotatable bonds is 5. The van der Waals surface area contributed by atoms with Crippen molar-refractivity contribution in [2.24, 2.45) is 0 Å². The molecule has 1 rings (SSSR count). The van der Waals surface area contributed by atoms with Gasteiger partial charge in [-0.1, -0.05) is 19.1 Å². The van der Waals surface area contributed by atoms with Gasteiger partial charge in [-0.3, -0.25) is 9.59 Å². The lowest BCUT2D eigenvalue weighted by Crippen LogP contribution is -2.17. The molecule has 0 amide bonds. The summed E-state index contributed by atoms with van der Waals surface area (Å²) in [4.78, 5) is 22.3. The Morgan fingerprint density at radius 1 is 1.17 bits per heavy atom. The first kappa shape index (κ1) is 14.4. The van der Waals surface area contributed by atoms with E-state index in [9.17, 15) is 18.0 Å². The monoisotopic (exact) mass is 270 g/mol. The Balaban J connectivity index is 2.98. The van der Waals surface area contributed by atoms with E-state index >= 15 is 0 Å². The predicted molar refractivity (Wildman–Crippen MR) is 65.1 cm³/mol. The van der Waals surface area contributed by atoms with Crippen LogP contribution in [0.5, 0.6) is 0 Å². The van der Waals surface area contributed by atoms with Gasteiger partial charge in [-0.15, -0.1) is 0 Å². The maximum absolute atomic E-state index is 11.8. The second-order valence-corrected chi connectivity index (χ2v) is 5.63. The Kier molecular flexibility index (Phi) is 4.61. The average molecular weight is 270 g/mol. The Labute approximate surface area is 106 Å². The molecule has 0 fully saturated rings. The zero-order chi connectivity index (χ0) is 13.8. The van der Waals surface area contributed by atoms with Gasteiger partial charge in [0.15, 0.2) is 21.4 Å². The first-order valence-electron chi connectivity index (χ1n) is 5.33. The molecule has 6 heteroatoms. The Hall–Kier alpha value is -1.69. The second kappa shape index (κ2) is 5.77. The number of ether oxygens (including phenoxy) is 1. The number of methoxy groups -OCH3 is 1.